The molecule has 0 saturated heterocycles. The number of methoxy groups -OCH3 is 2. The molecule has 0 aliphatic carbocycles. The highest BCUT2D eigenvalue weighted by Crippen LogP contribution is 2.36. The van der Waals surface area contributed by atoms with E-state index in [0.29, 0.717) is 22.6 Å². The Hall–Kier alpha value is -1.07. The lowest BCUT2D eigenvalue weighted by Crippen LogP contribution is -2.18. The van der Waals surface area contributed by atoms with Crippen LogP contribution in [0.25, 0.3) is 0 Å². The minimum atomic E-state index is 0.351. The second kappa shape index (κ2) is 6.39. The molecule has 0 spiro atoms. The van der Waals surface area contributed by atoms with Crippen molar-refractivity contribution in [2.24, 2.45) is 4.99 Å². The molecule has 104 valence electrons. The molecular weight excluding hydrogens is 284 g/mol. The monoisotopic (exact) mass is 300 g/mol. The number of aliphatic imine (C=N–C) groups is 1. The Bertz CT molecular complexity index is 494. The van der Waals surface area contributed by atoms with Crippen LogP contribution >= 0.6 is 23.4 Å². The third-order valence-corrected chi connectivity index (χ3v) is 4.04. The minimum absolute atomic E-state index is 0.351. The smallest absolute Gasteiger partial charge is 0.161 e. The summed E-state index contributed by atoms with van der Waals surface area (Å²) in [5.41, 5.74) is 0.809. The third-order valence-electron chi connectivity index (χ3n) is 2.83. The normalized spacial score (nSPS) is 18.7. The number of anilines is 1. The molecule has 0 saturated carbocycles. The van der Waals surface area contributed by atoms with Gasteiger partial charge in [0.05, 0.1) is 31.0 Å². The van der Waals surface area contributed by atoms with Crippen LogP contribution in [0.2, 0.25) is 5.02 Å². The summed E-state index contributed by atoms with van der Waals surface area (Å²) in [4.78, 5) is 4.57. The van der Waals surface area contributed by atoms with Gasteiger partial charge in [-0.1, -0.05) is 23.4 Å². The molecular formula is C13H17ClN2O2S. The number of nitrogens with zero attached hydrogens (tertiary/aromatic N) is 1. The molecule has 1 unspecified atom stereocenters. The molecule has 1 N–H and O–H groups in total. The maximum Gasteiger partial charge on any atom is 0.161 e. The molecule has 1 aromatic rings. The number of halogens is 1. The summed E-state index contributed by atoms with van der Waals surface area (Å²) in [5, 5.41) is 4.71. The summed E-state index contributed by atoms with van der Waals surface area (Å²) >= 11 is 7.79. The second-order valence-electron chi connectivity index (χ2n) is 4.23. The van der Waals surface area contributed by atoms with Crippen LogP contribution < -0.4 is 14.8 Å². The van der Waals surface area contributed by atoms with E-state index < -0.39 is 0 Å². The maximum atomic E-state index is 6.08. The van der Waals surface area contributed by atoms with Crippen LogP contribution in [0.1, 0.15) is 13.3 Å². The molecule has 0 fully saturated rings. The van der Waals surface area contributed by atoms with Gasteiger partial charge >= 0.3 is 0 Å². The predicted octanol–water partition coefficient (Wildman–Crippen LogP) is 3.65. The lowest BCUT2D eigenvalue weighted by atomic mass is 10.2. The first-order valence-electron chi connectivity index (χ1n) is 6.03. The summed E-state index contributed by atoms with van der Waals surface area (Å²) in [6, 6.07) is 3.91. The Kier molecular flexibility index (Phi) is 4.82. The molecule has 4 nitrogen and oxygen atoms in total. The fourth-order valence-corrected chi connectivity index (χ4v) is 3.09. The first-order chi connectivity index (χ1) is 9.13. The number of rotatable bonds is 3. The van der Waals surface area contributed by atoms with Gasteiger partial charge < -0.3 is 14.8 Å². The van der Waals surface area contributed by atoms with E-state index in [1.807, 2.05) is 6.07 Å². The van der Waals surface area contributed by atoms with Gasteiger partial charge in [0.25, 0.3) is 0 Å². The van der Waals surface area contributed by atoms with Gasteiger partial charge in [0.2, 0.25) is 0 Å². The van der Waals surface area contributed by atoms with Crippen molar-refractivity contribution in [3.05, 3.63) is 17.2 Å². The van der Waals surface area contributed by atoms with Gasteiger partial charge in [-0.2, -0.15) is 0 Å². The van der Waals surface area contributed by atoms with Gasteiger partial charge in [-0.25, -0.2) is 0 Å². The van der Waals surface area contributed by atoms with Crippen molar-refractivity contribution < 1.29 is 9.47 Å². The number of hydrogen-bond donors (Lipinski definition) is 1. The standard InChI is InChI=1S/C13H17ClN2O2S/c1-8-4-5-19-13(15-8)16-10-7-11(17-2)9(14)6-12(10)18-3/h6-8H,4-5H2,1-3H3,(H,15,16). The van der Waals surface area contributed by atoms with Crippen molar-refractivity contribution in [3.8, 4) is 11.5 Å². The molecule has 1 aliphatic heterocycles. The van der Waals surface area contributed by atoms with Crippen molar-refractivity contribution in [2.75, 3.05) is 25.3 Å². The number of amidine groups is 1. The second-order valence-corrected chi connectivity index (χ2v) is 5.72. The molecule has 1 aromatic carbocycles. The van der Waals surface area contributed by atoms with Crippen molar-refractivity contribution in [2.45, 2.75) is 19.4 Å². The van der Waals surface area contributed by atoms with E-state index in [2.05, 4.69) is 17.2 Å². The largest absolute Gasteiger partial charge is 0.495 e. The first-order valence-corrected chi connectivity index (χ1v) is 7.39. The van der Waals surface area contributed by atoms with Crippen molar-refractivity contribution in [1.82, 2.24) is 0 Å². The van der Waals surface area contributed by atoms with Crippen LogP contribution in [0, 0.1) is 0 Å². The fraction of sp³-hybridized carbons (Fsp3) is 0.462. The van der Waals surface area contributed by atoms with E-state index in [9.17, 15) is 0 Å². The lowest BCUT2D eigenvalue weighted by molar-refractivity contribution is 0.405. The number of thioether (sulfide) groups is 1. The van der Waals surface area contributed by atoms with Gasteiger partial charge in [0, 0.05) is 17.9 Å². The maximum absolute atomic E-state index is 6.08. The van der Waals surface area contributed by atoms with Gasteiger partial charge in [0.1, 0.15) is 11.5 Å². The van der Waals surface area contributed by atoms with Gasteiger partial charge in [-0.05, 0) is 13.3 Å². The highest BCUT2D eigenvalue weighted by molar-refractivity contribution is 8.14. The molecule has 0 bridgehead atoms. The van der Waals surface area contributed by atoms with Crippen LogP contribution in [0.15, 0.2) is 17.1 Å². The van der Waals surface area contributed by atoms with Crippen LogP contribution in [-0.4, -0.2) is 31.2 Å². The summed E-state index contributed by atoms with van der Waals surface area (Å²) in [7, 11) is 3.20. The molecule has 1 atom stereocenters. The predicted molar refractivity (Wildman–Crippen MR) is 82.2 cm³/mol. The minimum Gasteiger partial charge on any atom is -0.495 e. The highest BCUT2D eigenvalue weighted by atomic mass is 35.5. The Morgan fingerprint density at radius 3 is 2.68 bits per heavy atom. The Morgan fingerprint density at radius 2 is 2.05 bits per heavy atom. The molecule has 0 radical (unpaired) electrons. The third kappa shape index (κ3) is 3.48. The van der Waals surface area contributed by atoms with E-state index in [4.69, 9.17) is 21.1 Å². The zero-order valence-corrected chi connectivity index (χ0v) is 12.8. The number of benzene rings is 1. The average Bonchev–Trinajstić information content (AvgIpc) is 2.40. The van der Waals surface area contributed by atoms with Crippen molar-refractivity contribution in [3.63, 3.8) is 0 Å². The van der Waals surface area contributed by atoms with Crippen LogP contribution in [0.3, 0.4) is 0 Å². The fourth-order valence-electron chi connectivity index (χ4n) is 1.77. The van der Waals surface area contributed by atoms with Crippen LogP contribution in [0.5, 0.6) is 11.5 Å². The van der Waals surface area contributed by atoms with Crippen LogP contribution in [0.4, 0.5) is 5.69 Å². The van der Waals surface area contributed by atoms with E-state index in [1.54, 1.807) is 32.0 Å². The SMILES string of the molecule is COc1cc(NC2=NC(C)CCS2)c(OC)cc1Cl. The molecule has 0 amide bonds. The van der Waals surface area contributed by atoms with Gasteiger partial charge in [-0.15, -0.1) is 0 Å². The Morgan fingerprint density at radius 1 is 1.32 bits per heavy atom. The van der Waals surface area contributed by atoms with Crippen LogP contribution in [-0.2, 0) is 0 Å². The summed E-state index contributed by atoms with van der Waals surface area (Å²) in [6.45, 7) is 2.11. The summed E-state index contributed by atoms with van der Waals surface area (Å²) in [6.07, 6.45) is 1.11. The van der Waals surface area contributed by atoms with Gasteiger partial charge in [0.15, 0.2) is 5.17 Å². The molecule has 1 aliphatic rings. The Balaban J connectivity index is 2.28. The van der Waals surface area contributed by atoms with E-state index in [0.717, 1.165) is 23.0 Å². The van der Waals surface area contributed by atoms with E-state index >= 15 is 0 Å². The lowest BCUT2D eigenvalue weighted by Gasteiger charge is -2.19. The molecule has 19 heavy (non-hydrogen) atoms. The highest BCUT2D eigenvalue weighted by Gasteiger charge is 2.15. The zero-order chi connectivity index (χ0) is 13.8. The molecule has 2 rings (SSSR count). The number of nitrogens with one attached hydrogen (secondary N) is 1. The average molecular weight is 301 g/mol. The van der Waals surface area contributed by atoms with Gasteiger partial charge in [-0.3, -0.25) is 4.99 Å². The summed E-state index contributed by atoms with van der Waals surface area (Å²) in [5.74, 6) is 2.35. The summed E-state index contributed by atoms with van der Waals surface area (Å²) < 4.78 is 10.5. The first kappa shape index (κ1) is 14.3. The van der Waals surface area contributed by atoms with Crippen molar-refractivity contribution in [1.29, 1.82) is 0 Å². The quantitative estimate of drug-likeness (QED) is 0.925. The molecule has 1 heterocycles. The number of hydrogen-bond acceptors (Lipinski definition) is 5. The molecule has 6 heteroatoms. The molecule has 0 aromatic heterocycles. The van der Waals surface area contributed by atoms with E-state index in [1.165, 1.54) is 0 Å². The number of ether oxygens (including phenoxy) is 2. The topological polar surface area (TPSA) is 42.8 Å². The van der Waals surface area contributed by atoms with Crippen molar-refractivity contribution >= 4 is 34.2 Å². The van der Waals surface area contributed by atoms with E-state index in [-0.39, 0.29) is 0 Å². The zero-order valence-electron chi connectivity index (χ0n) is 11.2. The Labute approximate surface area is 122 Å².